The Morgan fingerprint density at radius 3 is 2.45 bits per heavy atom. The first-order chi connectivity index (χ1) is 9.79. The molecule has 0 bridgehead atoms. The Morgan fingerprint density at radius 2 is 1.75 bits per heavy atom. The molecule has 20 heavy (non-hydrogen) atoms. The molecule has 2 rings (SSSR count). The van der Waals surface area contributed by atoms with Gasteiger partial charge in [0.1, 0.15) is 19.0 Å². The van der Waals surface area contributed by atoms with Gasteiger partial charge in [-0.3, -0.25) is 0 Å². The summed E-state index contributed by atoms with van der Waals surface area (Å²) < 4.78 is 11.1. The van der Waals surface area contributed by atoms with Gasteiger partial charge in [0, 0.05) is 18.3 Å². The zero-order valence-electron chi connectivity index (χ0n) is 11.9. The number of nitrogens with zero attached hydrogens (tertiary/aromatic N) is 1. The van der Waals surface area contributed by atoms with Crippen LogP contribution in [0.3, 0.4) is 0 Å². The first-order valence-corrected chi connectivity index (χ1v) is 6.71. The van der Waals surface area contributed by atoms with Gasteiger partial charge in [0.2, 0.25) is 5.88 Å². The quantitative estimate of drug-likeness (QED) is 0.787. The summed E-state index contributed by atoms with van der Waals surface area (Å²) in [5.74, 6) is 1.49. The van der Waals surface area contributed by atoms with Crippen LogP contribution >= 0.6 is 0 Å². The van der Waals surface area contributed by atoms with Gasteiger partial charge < -0.3 is 14.8 Å². The summed E-state index contributed by atoms with van der Waals surface area (Å²) in [6, 6.07) is 13.6. The summed E-state index contributed by atoms with van der Waals surface area (Å²) in [6.45, 7) is 3.78. The predicted molar refractivity (Wildman–Crippen MR) is 79.2 cm³/mol. The normalized spacial score (nSPS) is 10.3. The summed E-state index contributed by atoms with van der Waals surface area (Å²) in [5, 5.41) is 3.11. The highest BCUT2D eigenvalue weighted by atomic mass is 16.5. The lowest BCUT2D eigenvalue weighted by Gasteiger charge is -2.10. The SMILES string of the molecule is CNCc1ccc(OCCOc2ccccc2)nc1C. The molecule has 0 unspecified atom stereocenters. The molecule has 0 saturated heterocycles. The molecule has 4 heteroatoms. The van der Waals surface area contributed by atoms with E-state index in [0.29, 0.717) is 19.1 Å². The van der Waals surface area contributed by atoms with Crippen molar-refractivity contribution in [3.8, 4) is 11.6 Å². The standard InChI is InChI=1S/C16H20N2O2/c1-13-14(12-17-2)8-9-16(18-13)20-11-10-19-15-6-4-3-5-7-15/h3-9,17H,10-12H2,1-2H3. The van der Waals surface area contributed by atoms with Crippen LogP contribution in [-0.4, -0.2) is 25.2 Å². The van der Waals surface area contributed by atoms with E-state index in [-0.39, 0.29) is 0 Å². The van der Waals surface area contributed by atoms with Crippen molar-refractivity contribution >= 4 is 0 Å². The molecule has 0 radical (unpaired) electrons. The van der Waals surface area contributed by atoms with Gasteiger partial charge in [0.05, 0.1) is 0 Å². The smallest absolute Gasteiger partial charge is 0.213 e. The van der Waals surface area contributed by atoms with Crippen LogP contribution in [0, 0.1) is 6.92 Å². The molecular weight excluding hydrogens is 252 g/mol. The zero-order chi connectivity index (χ0) is 14.2. The van der Waals surface area contributed by atoms with Crippen molar-refractivity contribution in [2.24, 2.45) is 0 Å². The summed E-state index contributed by atoms with van der Waals surface area (Å²) in [5.41, 5.74) is 2.17. The van der Waals surface area contributed by atoms with E-state index in [1.54, 1.807) is 0 Å². The molecule has 0 aliphatic carbocycles. The number of hydrogen-bond acceptors (Lipinski definition) is 4. The third-order valence-electron chi connectivity index (χ3n) is 2.88. The minimum absolute atomic E-state index is 0.479. The molecule has 1 N–H and O–H groups in total. The van der Waals surface area contributed by atoms with Crippen molar-refractivity contribution in [3.63, 3.8) is 0 Å². The number of hydrogen-bond donors (Lipinski definition) is 1. The van der Waals surface area contributed by atoms with Crippen LogP contribution in [0.5, 0.6) is 11.6 Å². The molecular formula is C16H20N2O2. The Balaban J connectivity index is 1.78. The predicted octanol–water partition coefficient (Wildman–Crippen LogP) is 2.57. The second kappa shape index (κ2) is 7.50. The Hall–Kier alpha value is -2.07. The van der Waals surface area contributed by atoms with Crippen LogP contribution in [0.2, 0.25) is 0 Å². The third-order valence-corrected chi connectivity index (χ3v) is 2.88. The number of aromatic nitrogens is 1. The van der Waals surface area contributed by atoms with Gasteiger partial charge in [0.25, 0.3) is 0 Å². The van der Waals surface area contributed by atoms with Gasteiger partial charge in [-0.25, -0.2) is 4.98 Å². The van der Waals surface area contributed by atoms with E-state index in [1.165, 1.54) is 5.56 Å². The lowest BCUT2D eigenvalue weighted by atomic mass is 10.2. The van der Waals surface area contributed by atoms with Crippen molar-refractivity contribution < 1.29 is 9.47 Å². The second-order valence-corrected chi connectivity index (χ2v) is 4.43. The highest BCUT2D eigenvalue weighted by molar-refractivity contribution is 5.25. The van der Waals surface area contributed by atoms with E-state index >= 15 is 0 Å². The van der Waals surface area contributed by atoms with Crippen molar-refractivity contribution in [1.82, 2.24) is 10.3 Å². The van der Waals surface area contributed by atoms with Gasteiger partial charge in [-0.15, -0.1) is 0 Å². The molecule has 0 amide bonds. The average molecular weight is 272 g/mol. The molecule has 1 aromatic carbocycles. The highest BCUT2D eigenvalue weighted by Crippen LogP contribution is 2.13. The topological polar surface area (TPSA) is 43.4 Å². The number of pyridine rings is 1. The second-order valence-electron chi connectivity index (χ2n) is 4.43. The zero-order valence-corrected chi connectivity index (χ0v) is 11.9. The molecule has 0 aliphatic heterocycles. The largest absolute Gasteiger partial charge is 0.490 e. The molecule has 1 aromatic heterocycles. The fraction of sp³-hybridized carbons (Fsp3) is 0.312. The summed E-state index contributed by atoms with van der Waals surface area (Å²) in [7, 11) is 1.92. The molecule has 4 nitrogen and oxygen atoms in total. The van der Waals surface area contributed by atoms with E-state index in [0.717, 1.165) is 18.0 Å². The molecule has 0 aliphatic rings. The Kier molecular flexibility index (Phi) is 5.38. The number of aryl methyl sites for hydroxylation is 1. The minimum atomic E-state index is 0.479. The van der Waals surface area contributed by atoms with E-state index in [2.05, 4.69) is 10.3 Å². The molecule has 1 heterocycles. The number of benzene rings is 1. The molecule has 106 valence electrons. The van der Waals surface area contributed by atoms with E-state index in [9.17, 15) is 0 Å². The van der Waals surface area contributed by atoms with Gasteiger partial charge in [-0.05, 0) is 31.7 Å². The number of rotatable bonds is 7. The Morgan fingerprint density at radius 1 is 1.00 bits per heavy atom. The number of ether oxygens (including phenoxy) is 2. The molecule has 0 spiro atoms. The van der Waals surface area contributed by atoms with Gasteiger partial charge >= 0.3 is 0 Å². The number of para-hydroxylation sites is 1. The molecule has 0 fully saturated rings. The first-order valence-electron chi connectivity index (χ1n) is 6.71. The van der Waals surface area contributed by atoms with Gasteiger partial charge in [0.15, 0.2) is 0 Å². The Labute approximate surface area is 119 Å². The molecule has 2 aromatic rings. The minimum Gasteiger partial charge on any atom is -0.490 e. The van der Waals surface area contributed by atoms with Crippen LogP contribution in [0.4, 0.5) is 0 Å². The number of nitrogens with one attached hydrogen (secondary N) is 1. The van der Waals surface area contributed by atoms with E-state index in [1.807, 2.05) is 56.4 Å². The monoisotopic (exact) mass is 272 g/mol. The van der Waals surface area contributed by atoms with Gasteiger partial charge in [-0.2, -0.15) is 0 Å². The van der Waals surface area contributed by atoms with Crippen LogP contribution in [0.1, 0.15) is 11.3 Å². The fourth-order valence-electron chi connectivity index (χ4n) is 1.85. The highest BCUT2D eigenvalue weighted by Gasteiger charge is 2.02. The van der Waals surface area contributed by atoms with Crippen molar-refractivity contribution in [3.05, 3.63) is 53.7 Å². The summed E-state index contributed by atoms with van der Waals surface area (Å²) in [4.78, 5) is 4.42. The van der Waals surface area contributed by atoms with Crippen LogP contribution in [-0.2, 0) is 6.54 Å². The van der Waals surface area contributed by atoms with Crippen molar-refractivity contribution in [2.75, 3.05) is 20.3 Å². The molecule has 0 atom stereocenters. The van der Waals surface area contributed by atoms with Crippen LogP contribution in [0.25, 0.3) is 0 Å². The maximum Gasteiger partial charge on any atom is 0.213 e. The average Bonchev–Trinajstić information content (AvgIpc) is 2.48. The maximum absolute atomic E-state index is 5.59. The lowest BCUT2D eigenvalue weighted by Crippen LogP contribution is -2.11. The fourth-order valence-corrected chi connectivity index (χ4v) is 1.85. The third kappa shape index (κ3) is 4.24. The molecule has 0 saturated carbocycles. The Bertz CT molecular complexity index is 529. The van der Waals surface area contributed by atoms with Crippen molar-refractivity contribution in [1.29, 1.82) is 0 Å². The first kappa shape index (κ1) is 14.3. The summed E-state index contributed by atoms with van der Waals surface area (Å²) >= 11 is 0. The lowest BCUT2D eigenvalue weighted by molar-refractivity contribution is 0.211. The van der Waals surface area contributed by atoms with E-state index in [4.69, 9.17) is 9.47 Å². The van der Waals surface area contributed by atoms with E-state index < -0.39 is 0 Å². The maximum atomic E-state index is 5.59. The van der Waals surface area contributed by atoms with Gasteiger partial charge in [-0.1, -0.05) is 24.3 Å². The van der Waals surface area contributed by atoms with Crippen LogP contribution in [0.15, 0.2) is 42.5 Å². The summed E-state index contributed by atoms with van der Waals surface area (Å²) in [6.07, 6.45) is 0. The van der Waals surface area contributed by atoms with Crippen molar-refractivity contribution in [2.45, 2.75) is 13.5 Å². The van der Waals surface area contributed by atoms with Crippen LogP contribution < -0.4 is 14.8 Å².